The molecule has 0 unspecified atom stereocenters. The number of sulfonamides is 1. The van der Waals surface area contributed by atoms with Crippen LogP contribution in [-0.2, 0) is 28.3 Å². The van der Waals surface area contributed by atoms with Crippen molar-refractivity contribution < 1.29 is 13.2 Å². The van der Waals surface area contributed by atoms with Gasteiger partial charge in [-0.3, -0.25) is 4.79 Å². The minimum atomic E-state index is -3.48. The van der Waals surface area contributed by atoms with Crippen molar-refractivity contribution in [1.29, 1.82) is 0 Å². The summed E-state index contributed by atoms with van der Waals surface area (Å²) in [6.07, 6.45) is 5.63. The van der Waals surface area contributed by atoms with E-state index < -0.39 is 10.0 Å². The Labute approximate surface area is 173 Å². The van der Waals surface area contributed by atoms with Gasteiger partial charge in [0.15, 0.2) is 0 Å². The van der Waals surface area contributed by atoms with Gasteiger partial charge in [0.25, 0.3) is 0 Å². The van der Waals surface area contributed by atoms with E-state index in [0.29, 0.717) is 36.3 Å². The van der Waals surface area contributed by atoms with Crippen molar-refractivity contribution in [3.63, 3.8) is 0 Å². The molecule has 1 saturated heterocycles. The molecule has 0 aliphatic carbocycles. The number of nitrogens with zero attached hydrogens (tertiary/aromatic N) is 3. The van der Waals surface area contributed by atoms with Crippen molar-refractivity contribution in [3.8, 4) is 0 Å². The van der Waals surface area contributed by atoms with Crippen LogP contribution in [0.4, 0.5) is 0 Å². The van der Waals surface area contributed by atoms with Gasteiger partial charge < -0.3 is 9.88 Å². The smallest absolute Gasteiger partial charge is 0.243 e. The number of aryl methyl sites for hydroxylation is 2. The molecule has 0 radical (unpaired) electrons. The normalized spacial score (nSPS) is 15.9. The van der Waals surface area contributed by atoms with E-state index in [-0.39, 0.29) is 11.9 Å². The second-order valence-corrected chi connectivity index (χ2v) is 9.72. The van der Waals surface area contributed by atoms with Gasteiger partial charge in [0.1, 0.15) is 5.82 Å². The van der Waals surface area contributed by atoms with Crippen LogP contribution in [0.3, 0.4) is 0 Å². The number of fused-ring (bicyclic) bond motifs is 1. The van der Waals surface area contributed by atoms with Gasteiger partial charge in [-0.2, -0.15) is 4.31 Å². The topological polar surface area (TPSA) is 84.3 Å². The highest BCUT2D eigenvalue weighted by atomic mass is 32.2. The SMILES string of the molecule is CCC(CC)NC(=O)CCc1nc2cc(S(=O)(=O)N3CCCCC3)ccc2n1C. The van der Waals surface area contributed by atoms with Crippen molar-refractivity contribution in [1.82, 2.24) is 19.2 Å². The molecule has 1 N–H and O–H groups in total. The van der Waals surface area contributed by atoms with Gasteiger partial charge in [0.05, 0.1) is 15.9 Å². The highest BCUT2D eigenvalue weighted by molar-refractivity contribution is 7.89. The summed E-state index contributed by atoms with van der Waals surface area (Å²) in [6.45, 7) is 5.30. The fourth-order valence-electron chi connectivity index (χ4n) is 3.89. The maximum absolute atomic E-state index is 12.9. The molecule has 1 aliphatic rings. The van der Waals surface area contributed by atoms with Crippen LogP contribution in [0.5, 0.6) is 0 Å². The molecule has 1 fully saturated rings. The van der Waals surface area contributed by atoms with Crippen LogP contribution in [0, 0.1) is 0 Å². The number of aromatic nitrogens is 2. The van der Waals surface area contributed by atoms with Crippen LogP contribution in [0.15, 0.2) is 23.1 Å². The molecule has 1 amide bonds. The number of imidazole rings is 1. The quantitative estimate of drug-likeness (QED) is 0.711. The van der Waals surface area contributed by atoms with E-state index in [1.54, 1.807) is 16.4 Å². The third-order valence-corrected chi connectivity index (χ3v) is 7.72. The highest BCUT2D eigenvalue weighted by Gasteiger charge is 2.26. The fourth-order valence-corrected chi connectivity index (χ4v) is 5.42. The average molecular weight is 421 g/mol. The van der Waals surface area contributed by atoms with E-state index in [4.69, 9.17) is 0 Å². The molecule has 1 aliphatic heterocycles. The first kappa shape index (κ1) is 21.8. The third kappa shape index (κ3) is 4.80. The first-order valence-corrected chi connectivity index (χ1v) is 12.1. The van der Waals surface area contributed by atoms with Gasteiger partial charge in [-0.25, -0.2) is 13.4 Å². The molecular formula is C21H32N4O3S. The predicted octanol–water partition coefficient (Wildman–Crippen LogP) is 2.99. The van der Waals surface area contributed by atoms with Gasteiger partial charge in [-0.05, 0) is 43.9 Å². The lowest BCUT2D eigenvalue weighted by Crippen LogP contribution is -2.35. The van der Waals surface area contributed by atoms with Crippen molar-refractivity contribution in [2.45, 2.75) is 69.7 Å². The molecule has 3 rings (SSSR count). The van der Waals surface area contributed by atoms with Crippen LogP contribution in [0.1, 0.15) is 58.2 Å². The van der Waals surface area contributed by atoms with Gasteiger partial charge in [0.2, 0.25) is 15.9 Å². The monoisotopic (exact) mass is 420 g/mol. The molecular weight excluding hydrogens is 388 g/mol. The summed E-state index contributed by atoms with van der Waals surface area (Å²) in [5.41, 5.74) is 1.53. The first-order valence-electron chi connectivity index (χ1n) is 10.6. The number of hydrogen-bond donors (Lipinski definition) is 1. The number of hydrogen-bond acceptors (Lipinski definition) is 4. The Balaban J connectivity index is 1.76. The summed E-state index contributed by atoms with van der Waals surface area (Å²) < 4.78 is 29.4. The summed E-state index contributed by atoms with van der Waals surface area (Å²) >= 11 is 0. The molecule has 0 bridgehead atoms. The van der Waals surface area contributed by atoms with E-state index in [2.05, 4.69) is 24.1 Å². The molecule has 1 aromatic heterocycles. The number of nitrogens with one attached hydrogen (secondary N) is 1. The number of amides is 1. The fraction of sp³-hybridized carbons (Fsp3) is 0.619. The zero-order chi connectivity index (χ0) is 21.0. The number of rotatable bonds is 8. The minimum absolute atomic E-state index is 0.0270. The second kappa shape index (κ2) is 9.26. The van der Waals surface area contributed by atoms with E-state index in [1.807, 2.05) is 17.7 Å². The number of benzene rings is 1. The van der Waals surface area contributed by atoms with Crippen molar-refractivity contribution in [2.75, 3.05) is 13.1 Å². The van der Waals surface area contributed by atoms with Gasteiger partial charge in [0, 0.05) is 39.0 Å². The molecule has 0 atom stereocenters. The molecule has 8 heteroatoms. The van der Waals surface area contributed by atoms with Crippen molar-refractivity contribution in [2.24, 2.45) is 7.05 Å². The second-order valence-electron chi connectivity index (χ2n) is 7.78. The summed E-state index contributed by atoms with van der Waals surface area (Å²) in [6, 6.07) is 5.35. The van der Waals surface area contributed by atoms with Crippen molar-refractivity contribution >= 4 is 27.0 Å². The van der Waals surface area contributed by atoms with E-state index in [9.17, 15) is 13.2 Å². The largest absolute Gasteiger partial charge is 0.353 e. The van der Waals surface area contributed by atoms with Gasteiger partial charge in [-0.15, -0.1) is 0 Å². The molecule has 1 aromatic carbocycles. The molecule has 29 heavy (non-hydrogen) atoms. The minimum Gasteiger partial charge on any atom is -0.353 e. The Morgan fingerprint density at radius 3 is 2.52 bits per heavy atom. The Bertz CT molecular complexity index is 958. The molecule has 160 valence electrons. The summed E-state index contributed by atoms with van der Waals surface area (Å²) in [4.78, 5) is 17.1. The van der Waals surface area contributed by atoms with Crippen LogP contribution >= 0.6 is 0 Å². The molecule has 2 heterocycles. The Hall–Kier alpha value is -1.93. The lowest BCUT2D eigenvalue weighted by Gasteiger charge is -2.25. The maximum atomic E-state index is 12.9. The van der Waals surface area contributed by atoms with E-state index in [1.165, 1.54) is 0 Å². The average Bonchev–Trinajstić information content (AvgIpc) is 3.06. The Kier molecular flexibility index (Phi) is 6.95. The third-order valence-electron chi connectivity index (χ3n) is 5.82. The highest BCUT2D eigenvalue weighted by Crippen LogP contribution is 2.24. The van der Waals surface area contributed by atoms with Gasteiger partial charge >= 0.3 is 0 Å². The van der Waals surface area contributed by atoms with Crippen LogP contribution in [0.2, 0.25) is 0 Å². The Morgan fingerprint density at radius 1 is 1.17 bits per heavy atom. The standard InChI is InChI=1S/C21H32N4O3S/c1-4-16(5-2)22-21(26)12-11-20-23-18-15-17(9-10-19(18)24(20)3)29(27,28)25-13-7-6-8-14-25/h9-10,15-16H,4-8,11-14H2,1-3H3,(H,22,26). The summed E-state index contributed by atoms with van der Waals surface area (Å²) in [7, 11) is -1.58. The van der Waals surface area contributed by atoms with E-state index >= 15 is 0 Å². The number of carbonyl (C=O) groups is 1. The summed E-state index contributed by atoms with van der Waals surface area (Å²) in [5, 5.41) is 3.04. The zero-order valence-corrected chi connectivity index (χ0v) is 18.5. The molecule has 0 saturated carbocycles. The lowest BCUT2D eigenvalue weighted by molar-refractivity contribution is -0.121. The van der Waals surface area contributed by atoms with Crippen LogP contribution in [0.25, 0.3) is 11.0 Å². The number of piperidine rings is 1. The van der Waals surface area contributed by atoms with Gasteiger partial charge in [-0.1, -0.05) is 20.3 Å². The van der Waals surface area contributed by atoms with E-state index in [0.717, 1.165) is 43.4 Å². The maximum Gasteiger partial charge on any atom is 0.243 e. The Morgan fingerprint density at radius 2 is 1.86 bits per heavy atom. The molecule has 2 aromatic rings. The molecule has 0 spiro atoms. The number of carbonyl (C=O) groups excluding carboxylic acids is 1. The summed E-state index contributed by atoms with van der Waals surface area (Å²) in [5.74, 6) is 0.811. The first-order chi connectivity index (χ1) is 13.9. The van der Waals surface area contributed by atoms with Crippen LogP contribution in [-0.4, -0.2) is 47.3 Å². The predicted molar refractivity (Wildman–Crippen MR) is 114 cm³/mol. The van der Waals surface area contributed by atoms with Crippen molar-refractivity contribution in [3.05, 3.63) is 24.0 Å². The van der Waals surface area contributed by atoms with Crippen LogP contribution < -0.4 is 5.32 Å². The molecule has 7 nitrogen and oxygen atoms in total. The lowest BCUT2D eigenvalue weighted by atomic mass is 10.1. The zero-order valence-electron chi connectivity index (χ0n) is 17.6.